The minimum Gasteiger partial charge on any atom is -0.370 e. The van der Waals surface area contributed by atoms with Gasteiger partial charge in [0.15, 0.2) is 5.78 Å². The third-order valence-corrected chi connectivity index (χ3v) is 5.76. The van der Waals surface area contributed by atoms with E-state index >= 15 is 0 Å². The summed E-state index contributed by atoms with van der Waals surface area (Å²) in [4.78, 5) is 17.6. The lowest BCUT2D eigenvalue weighted by Crippen LogP contribution is -2.28. The summed E-state index contributed by atoms with van der Waals surface area (Å²) < 4.78 is 1.04. The standard InChI is InChI=1S/C19H19IN2O/c1-21-8-3-9-22(11-10-21)13-6-7-14-15-4-2-5-17(20)18(15)19(23)16(14)12-13/h2,4-7,12H,3,8-11H2,1H3. The first-order valence-electron chi connectivity index (χ1n) is 8.06. The summed E-state index contributed by atoms with van der Waals surface area (Å²) in [5.41, 5.74) is 5.07. The molecule has 4 heteroatoms. The van der Waals surface area contributed by atoms with Crippen molar-refractivity contribution >= 4 is 34.1 Å². The van der Waals surface area contributed by atoms with Crippen LogP contribution < -0.4 is 4.90 Å². The van der Waals surface area contributed by atoms with Crippen LogP contribution in [0.5, 0.6) is 0 Å². The highest BCUT2D eigenvalue weighted by Crippen LogP contribution is 2.40. The summed E-state index contributed by atoms with van der Waals surface area (Å²) in [5, 5.41) is 0. The van der Waals surface area contributed by atoms with Crippen LogP contribution in [0, 0.1) is 3.57 Å². The Hall–Kier alpha value is -1.40. The molecule has 1 fully saturated rings. The second-order valence-corrected chi connectivity index (χ2v) is 7.53. The number of rotatable bonds is 1. The fraction of sp³-hybridized carbons (Fsp3) is 0.316. The van der Waals surface area contributed by atoms with Gasteiger partial charge in [-0.05, 0) is 71.9 Å². The lowest BCUT2D eigenvalue weighted by atomic mass is 10.1. The summed E-state index contributed by atoms with van der Waals surface area (Å²) >= 11 is 2.26. The van der Waals surface area contributed by atoms with Crippen LogP contribution >= 0.6 is 22.6 Å². The van der Waals surface area contributed by atoms with Crippen molar-refractivity contribution in [2.45, 2.75) is 6.42 Å². The first-order valence-corrected chi connectivity index (χ1v) is 9.14. The Labute approximate surface area is 150 Å². The third kappa shape index (κ3) is 2.58. The molecule has 2 aromatic rings. The van der Waals surface area contributed by atoms with Gasteiger partial charge in [-0.25, -0.2) is 0 Å². The van der Waals surface area contributed by atoms with E-state index in [1.54, 1.807) is 0 Å². The fourth-order valence-electron chi connectivity index (χ4n) is 3.57. The molecule has 0 saturated carbocycles. The van der Waals surface area contributed by atoms with E-state index in [1.807, 2.05) is 12.1 Å². The minimum atomic E-state index is 0.175. The summed E-state index contributed by atoms with van der Waals surface area (Å²) in [5.74, 6) is 0.175. The number of hydrogen-bond donors (Lipinski definition) is 0. The first kappa shape index (κ1) is 15.1. The molecule has 23 heavy (non-hydrogen) atoms. The van der Waals surface area contributed by atoms with Crippen molar-refractivity contribution in [2.24, 2.45) is 0 Å². The Morgan fingerprint density at radius 1 is 0.957 bits per heavy atom. The SMILES string of the molecule is CN1CCCN(c2ccc3c(c2)C(=O)c2c(I)cccc2-3)CC1. The zero-order valence-corrected chi connectivity index (χ0v) is 15.3. The largest absolute Gasteiger partial charge is 0.370 e. The van der Waals surface area contributed by atoms with Crippen molar-refractivity contribution < 1.29 is 4.79 Å². The molecule has 0 unspecified atom stereocenters. The van der Waals surface area contributed by atoms with E-state index in [2.05, 4.69) is 63.7 Å². The monoisotopic (exact) mass is 418 g/mol. The van der Waals surface area contributed by atoms with E-state index < -0.39 is 0 Å². The van der Waals surface area contributed by atoms with Crippen molar-refractivity contribution in [3.05, 3.63) is 51.1 Å². The van der Waals surface area contributed by atoms with Gasteiger partial charge < -0.3 is 9.80 Å². The number of anilines is 1. The molecule has 1 aliphatic carbocycles. The summed E-state index contributed by atoms with van der Waals surface area (Å²) in [7, 11) is 2.17. The molecule has 0 radical (unpaired) electrons. The number of carbonyl (C=O) groups excluding carboxylic acids is 1. The number of likely N-dealkylation sites (N-methyl/N-ethyl adjacent to an activating group) is 1. The van der Waals surface area contributed by atoms with Crippen LogP contribution in [0.15, 0.2) is 36.4 Å². The first-order chi connectivity index (χ1) is 11.1. The number of benzene rings is 2. The molecule has 118 valence electrons. The molecule has 0 atom stereocenters. The van der Waals surface area contributed by atoms with Crippen molar-refractivity contribution in [1.29, 1.82) is 0 Å². The Morgan fingerprint density at radius 3 is 2.70 bits per heavy atom. The molecular formula is C19H19IN2O. The normalized spacial score (nSPS) is 17.8. The molecule has 2 aliphatic rings. The van der Waals surface area contributed by atoms with Gasteiger partial charge in [0.25, 0.3) is 0 Å². The number of nitrogens with zero attached hydrogens (tertiary/aromatic N) is 2. The average Bonchev–Trinajstić information content (AvgIpc) is 2.70. The highest BCUT2D eigenvalue weighted by molar-refractivity contribution is 14.1. The zero-order valence-electron chi connectivity index (χ0n) is 13.2. The molecular weight excluding hydrogens is 399 g/mol. The van der Waals surface area contributed by atoms with Gasteiger partial charge in [0.1, 0.15) is 0 Å². The molecule has 0 aromatic heterocycles. The highest BCUT2D eigenvalue weighted by Gasteiger charge is 2.29. The number of ketones is 1. The molecule has 1 aliphatic heterocycles. The number of halogens is 1. The maximum Gasteiger partial charge on any atom is 0.195 e. The highest BCUT2D eigenvalue weighted by atomic mass is 127. The summed E-state index contributed by atoms with van der Waals surface area (Å²) in [6.07, 6.45) is 1.17. The van der Waals surface area contributed by atoms with Crippen molar-refractivity contribution in [3.63, 3.8) is 0 Å². The minimum absolute atomic E-state index is 0.175. The summed E-state index contributed by atoms with van der Waals surface area (Å²) in [6.45, 7) is 4.29. The second-order valence-electron chi connectivity index (χ2n) is 6.37. The maximum absolute atomic E-state index is 12.8. The van der Waals surface area contributed by atoms with Gasteiger partial charge in [-0.15, -0.1) is 0 Å². The number of fused-ring (bicyclic) bond motifs is 3. The lowest BCUT2D eigenvalue weighted by molar-refractivity contribution is 0.104. The van der Waals surface area contributed by atoms with Crippen molar-refractivity contribution in [2.75, 3.05) is 38.1 Å². The van der Waals surface area contributed by atoms with Crippen LogP contribution in [-0.4, -0.2) is 43.9 Å². The topological polar surface area (TPSA) is 23.6 Å². The summed E-state index contributed by atoms with van der Waals surface area (Å²) in [6, 6.07) is 12.5. The van der Waals surface area contributed by atoms with Crippen LogP contribution in [0.2, 0.25) is 0 Å². The lowest BCUT2D eigenvalue weighted by Gasteiger charge is -2.23. The van der Waals surface area contributed by atoms with E-state index in [-0.39, 0.29) is 5.78 Å². The van der Waals surface area contributed by atoms with Crippen LogP contribution in [0.1, 0.15) is 22.3 Å². The van der Waals surface area contributed by atoms with E-state index in [4.69, 9.17) is 0 Å². The molecule has 0 spiro atoms. The molecule has 0 bridgehead atoms. The maximum atomic E-state index is 12.8. The Morgan fingerprint density at radius 2 is 1.83 bits per heavy atom. The van der Waals surface area contributed by atoms with Gasteiger partial charge in [-0.1, -0.05) is 18.2 Å². The Kier molecular flexibility index (Phi) is 3.89. The Balaban J connectivity index is 1.72. The number of hydrogen-bond acceptors (Lipinski definition) is 3. The third-order valence-electron chi connectivity index (χ3n) is 4.86. The van der Waals surface area contributed by atoms with Crippen LogP contribution in [0.3, 0.4) is 0 Å². The number of carbonyl (C=O) groups is 1. The van der Waals surface area contributed by atoms with E-state index in [9.17, 15) is 4.79 Å². The zero-order chi connectivity index (χ0) is 16.0. The predicted octanol–water partition coefficient (Wildman–Crippen LogP) is 3.64. The van der Waals surface area contributed by atoms with Crippen LogP contribution in [0.4, 0.5) is 5.69 Å². The molecule has 4 rings (SSSR count). The quantitative estimate of drug-likeness (QED) is 0.564. The van der Waals surface area contributed by atoms with Crippen molar-refractivity contribution in [3.8, 4) is 11.1 Å². The molecule has 1 saturated heterocycles. The van der Waals surface area contributed by atoms with E-state index in [1.165, 1.54) is 12.1 Å². The van der Waals surface area contributed by atoms with Gasteiger partial charge in [-0.2, -0.15) is 0 Å². The van der Waals surface area contributed by atoms with Gasteiger partial charge in [0.2, 0.25) is 0 Å². The van der Waals surface area contributed by atoms with Crippen LogP contribution in [-0.2, 0) is 0 Å². The smallest absolute Gasteiger partial charge is 0.195 e. The van der Waals surface area contributed by atoms with Gasteiger partial charge in [0.05, 0.1) is 0 Å². The second kappa shape index (κ2) is 5.91. The predicted molar refractivity (Wildman–Crippen MR) is 102 cm³/mol. The van der Waals surface area contributed by atoms with Crippen LogP contribution in [0.25, 0.3) is 11.1 Å². The molecule has 0 N–H and O–H groups in total. The molecule has 1 heterocycles. The average molecular weight is 418 g/mol. The van der Waals surface area contributed by atoms with E-state index in [0.29, 0.717) is 0 Å². The van der Waals surface area contributed by atoms with Gasteiger partial charge in [-0.3, -0.25) is 4.79 Å². The molecule has 0 amide bonds. The fourth-order valence-corrected chi connectivity index (χ4v) is 4.31. The molecule has 2 aromatic carbocycles. The van der Waals surface area contributed by atoms with Gasteiger partial charge in [0, 0.05) is 40.0 Å². The molecule has 3 nitrogen and oxygen atoms in total. The van der Waals surface area contributed by atoms with Crippen molar-refractivity contribution in [1.82, 2.24) is 4.90 Å². The Bertz CT molecular complexity index is 787. The van der Waals surface area contributed by atoms with E-state index in [0.717, 1.165) is 52.0 Å². The van der Waals surface area contributed by atoms with Gasteiger partial charge >= 0.3 is 0 Å².